The summed E-state index contributed by atoms with van der Waals surface area (Å²) in [7, 11) is -4.61. The fourth-order valence-electron chi connectivity index (χ4n) is 8.20. The molecule has 396 valence electrons. The van der Waals surface area contributed by atoms with Crippen molar-refractivity contribution in [3.8, 4) is 0 Å². The molecule has 0 aromatic rings. The number of hydrogen-bond acceptors (Lipinski definition) is 11. The molecule has 4 N–H and O–H groups in total. The Kier molecular flexibility index (Phi) is 41.7. The molecule has 1 fully saturated rings. The summed E-state index contributed by atoms with van der Waals surface area (Å²) in [6.45, 7) is 3.70. The summed E-state index contributed by atoms with van der Waals surface area (Å²) < 4.78 is 54.3. The SMILES string of the molecule is CCC/C=C/C/C=C/C/C=C/C/C=C/CCCCCC(=O)OC[C@H](CO[C@H]1O[C@H](CS(=O)(=O)O)[C@@H](O)C(O)C1O)OC(=O)CCCCCCCCCCCCCCCCCCCCCCCCC. The van der Waals surface area contributed by atoms with E-state index in [9.17, 15) is 37.9 Å². The van der Waals surface area contributed by atoms with E-state index in [-0.39, 0.29) is 19.4 Å². The zero-order chi connectivity index (χ0) is 49.8. The molecule has 0 aromatic carbocycles. The zero-order valence-corrected chi connectivity index (χ0v) is 43.5. The van der Waals surface area contributed by atoms with Crippen LogP contribution in [0.5, 0.6) is 0 Å². The van der Waals surface area contributed by atoms with Gasteiger partial charge in [-0.15, -0.1) is 0 Å². The van der Waals surface area contributed by atoms with Crippen LogP contribution in [0.1, 0.15) is 232 Å². The molecular weight excluding hydrogens is 885 g/mol. The molecule has 68 heavy (non-hydrogen) atoms. The van der Waals surface area contributed by atoms with E-state index in [1.807, 2.05) is 0 Å². The Hall–Kier alpha value is -2.39. The number of ether oxygens (including phenoxy) is 4. The molecule has 2 unspecified atom stereocenters. The molecule has 13 heteroatoms. The van der Waals surface area contributed by atoms with Crippen LogP contribution in [0.15, 0.2) is 48.6 Å². The first-order chi connectivity index (χ1) is 33.0. The standard InChI is InChI=1S/C55H98O12S/c1-3-5-7-9-11-13-15-17-19-21-22-23-24-25-26-28-30-32-34-36-38-40-42-44-51(57)66-48(46-65-55-54(60)53(59)52(58)49(67-55)47-68(61,62)63)45-64-50(56)43-41-39-37-35-33-31-29-27-20-18-16-14-12-10-8-6-4-2/h8,10,14,16,20,27,31,33,48-49,52-55,58-60H,3-7,9,11-13,15,17-19,21-26,28-30,32,34-47H2,1-2H3,(H,61,62,63)/b10-8+,16-14+,27-20+,33-31+/t48-,49-,52-,53?,54?,55+/m1/s1. The highest BCUT2D eigenvalue weighted by molar-refractivity contribution is 7.85. The van der Waals surface area contributed by atoms with Gasteiger partial charge in [0, 0.05) is 12.8 Å². The molecule has 0 aliphatic carbocycles. The van der Waals surface area contributed by atoms with Gasteiger partial charge in [-0.1, -0.05) is 217 Å². The van der Waals surface area contributed by atoms with Crippen molar-refractivity contribution < 1.29 is 56.8 Å². The van der Waals surface area contributed by atoms with Gasteiger partial charge < -0.3 is 34.3 Å². The number of aliphatic hydroxyl groups is 3. The van der Waals surface area contributed by atoms with Crippen molar-refractivity contribution in [2.24, 2.45) is 0 Å². The minimum atomic E-state index is -4.61. The first-order valence-electron chi connectivity index (χ1n) is 27.2. The van der Waals surface area contributed by atoms with E-state index in [4.69, 9.17) is 18.9 Å². The van der Waals surface area contributed by atoms with Crippen molar-refractivity contribution in [1.29, 1.82) is 0 Å². The summed E-state index contributed by atoms with van der Waals surface area (Å²) in [5.74, 6) is -2.01. The van der Waals surface area contributed by atoms with Gasteiger partial charge in [0.25, 0.3) is 10.1 Å². The highest BCUT2D eigenvalue weighted by atomic mass is 32.2. The Morgan fingerprint density at radius 2 is 0.912 bits per heavy atom. The molecule has 1 aliphatic rings. The monoisotopic (exact) mass is 983 g/mol. The van der Waals surface area contributed by atoms with Gasteiger partial charge in [-0.2, -0.15) is 8.42 Å². The van der Waals surface area contributed by atoms with E-state index in [1.165, 1.54) is 128 Å². The lowest BCUT2D eigenvalue weighted by Gasteiger charge is -2.40. The predicted molar refractivity (Wildman–Crippen MR) is 275 cm³/mol. The number of aliphatic hydroxyl groups excluding tert-OH is 3. The third-order valence-corrected chi connectivity index (χ3v) is 13.1. The summed E-state index contributed by atoms with van der Waals surface area (Å²) in [5.41, 5.74) is 0. The number of unbranched alkanes of at least 4 members (excludes halogenated alkanes) is 26. The summed E-state index contributed by atoms with van der Waals surface area (Å²) in [6, 6.07) is 0. The molecular formula is C55H98O12S. The second kappa shape index (κ2) is 44.5. The highest BCUT2D eigenvalue weighted by Gasteiger charge is 2.46. The summed E-state index contributed by atoms with van der Waals surface area (Å²) >= 11 is 0. The van der Waals surface area contributed by atoms with Crippen LogP contribution in [0.25, 0.3) is 0 Å². The Labute approximate surface area is 413 Å². The van der Waals surface area contributed by atoms with E-state index in [1.54, 1.807) is 0 Å². The van der Waals surface area contributed by atoms with Crippen LogP contribution in [0.2, 0.25) is 0 Å². The Morgan fingerprint density at radius 1 is 0.500 bits per heavy atom. The lowest BCUT2D eigenvalue weighted by Crippen LogP contribution is -2.60. The van der Waals surface area contributed by atoms with Gasteiger partial charge in [0.15, 0.2) is 12.4 Å². The second-order valence-corrected chi connectivity index (χ2v) is 20.4. The van der Waals surface area contributed by atoms with Crippen LogP contribution in [0, 0.1) is 0 Å². The number of esters is 2. The van der Waals surface area contributed by atoms with Crippen molar-refractivity contribution in [2.45, 2.75) is 269 Å². The molecule has 0 radical (unpaired) electrons. The molecule has 0 aromatic heterocycles. The number of hydrogen-bond donors (Lipinski definition) is 4. The zero-order valence-electron chi connectivity index (χ0n) is 42.7. The van der Waals surface area contributed by atoms with Crippen LogP contribution >= 0.6 is 0 Å². The molecule has 0 saturated carbocycles. The first-order valence-corrected chi connectivity index (χ1v) is 28.8. The number of allylic oxidation sites excluding steroid dienone is 8. The van der Waals surface area contributed by atoms with E-state index in [2.05, 4.69) is 62.5 Å². The molecule has 12 nitrogen and oxygen atoms in total. The van der Waals surface area contributed by atoms with E-state index in [0.29, 0.717) is 12.8 Å². The van der Waals surface area contributed by atoms with Crippen LogP contribution in [0.3, 0.4) is 0 Å². The maximum Gasteiger partial charge on any atom is 0.306 e. The van der Waals surface area contributed by atoms with Gasteiger partial charge in [-0.05, 0) is 51.4 Å². The molecule has 1 aliphatic heterocycles. The Balaban J connectivity index is 2.34. The third-order valence-electron chi connectivity index (χ3n) is 12.4. The average molecular weight is 983 g/mol. The Morgan fingerprint density at radius 3 is 1.37 bits per heavy atom. The summed E-state index contributed by atoms with van der Waals surface area (Å²) in [4.78, 5) is 25.6. The summed E-state index contributed by atoms with van der Waals surface area (Å²) in [6.07, 6.45) is 45.8. The van der Waals surface area contributed by atoms with Gasteiger partial charge in [0.05, 0.1) is 6.61 Å². The minimum Gasteiger partial charge on any atom is -0.462 e. The van der Waals surface area contributed by atoms with Gasteiger partial charge in [0.2, 0.25) is 0 Å². The Bertz CT molecular complexity index is 1430. The van der Waals surface area contributed by atoms with E-state index >= 15 is 0 Å². The lowest BCUT2D eigenvalue weighted by molar-refractivity contribution is -0.297. The summed E-state index contributed by atoms with van der Waals surface area (Å²) in [5, 5.41) is 31.0. The van der Waals surface area contributed by atoms with E-state index in [0.717, 1.165) is 64.2 Å². The smallest absolute Gasteiger partial charge is 0.306 e. The van der Waals surface area contributed by atoms with Crippen LogP contribution in [-0.2, 0) is 38.7 Å². The van der Waals surface area contributed by atoms with Crippen LogP contribution < -0.4 is 0 Å². The van der Waals surface area contributed by atoms with E-state index < -0.39 is 71.2 Å². The molecule has 6 atom stereocenters. The van der Waals surface area contributed by atoms with Crippen molar-refractivity contribution >= 4 is 22.1 Å². The maximum absolute atomic E-state index is 12.9. The minimum absolute atomic E-state index is 0.160. The topological polar surface area (TPSA) is 186 Å². The molecule has 0 bridgehead atoms. The molecule has 1 heterocycles. The van der Waals surface area contributed by atoms with Gasteiger partial charge in [-0.3, -0.25) is 14.1 Å². The maximum atomic E-state index is 12.9. The largest absolute Gasteiger partial charge is 0.462 e. The fourth-order valence-corrected chi connectivity index (χ4v) is 8.89. The molecule has 1 saturated heterocycles. The van der Waals surface area contributed by atoms with Crippen molar-refractivity contribution in [2.75, 3.05) is 19.0 Å². The fraction of sp³-hybridized carbons (Fsp3) is 0.818. The molecule has 0 amide bonds. The lowest BCUT2D eigenvalue weighted by atomic mass is 10.00. The van der Waals surface area contributed by atoms with Crippen LogP contribution in [-0.4, -0.2) is 96.0 Å². The predicted octanol–water partition coefficient (Wildman–Crippen LogP) is 12.7. The van der Waals surface area contributed by atoms with Crippen molar-refractivity contribution in [3.63, 3.8) is 0 Å². The average Bonchev–Trinajstić information content (AvgIpc) is 3.31. The van der Waals surface area contributed by atoms with Crippen LogP contribution in [0.4, 0.5) is 0 Å². The number of rotatable bonds is 46. The molecule has 1 rings (SSSR count). The highest BCUT2D eigenvalue weighted by Crippen LogP contribution is 2.24. The second-order valence-electron chi connectivity index (χ2n) is 18.9. The normalized spacial score (nSPS) is 19.5. The van der Waals surface area contributed by atoms with Gasteiger partial charge in [0.1, 0.15) is 36.8 Å². The molecule has 0 spiro atoms. The quantitative estimate of drug-likeness (QED) is 0.0196. The van der Waals surface area contributed by atoms with Gasteiger partial charge in [-0.25, -0.2) is 0 Å². The number of carbonyl (C=O) groups is 2. The third kappa shape index (κ3) is 38.4. The first kappa shape index (κ1) is 63.6. The van der Waals surface area contributed by atoms with Gasteiger partial charge >= 0.3 is 11.9 Å². The van der Waals surface area contributed by atoms with Crippen molar-refractivity contribution in [1.82, 2.24) is 0 Å². The number of carbonyl (C=O) groups excluding carboxylic acids is 2. The van der Waals surface area contributed by atoms with Crippen molar-refractivity contribution in [3.05, 3.63) is 48.6 Å².